The van der Waals surface area contributed by atoms with Gasteiger partial charge in [0.25, 0.3) is 0 Å². The van der Waals surface area contributed by atoms with Gasteiger partial charge in [-0.1, -0.05) is 147 Å². The summed E-state index contributed by atoms with van der Waals surface area (Å²) in [6, 6.07) is 50.1. The minimum absolute atomic E-state index is 0.0337. The molecule has 0 atom stereocenters. The van der Waals surface area contributed by atoms with Crippen LogP contribution in [-0.4, -0.2) is 11.8 Å². The van der Waals surface area contributed by atoms with Crippen LogP contribution in [0.25, 0.3) is 93.6 Å². The summed E-state index contributed by atoms with van der Waals surface area (Å²) < 4.78 is 16.7. The van der Waals surface area contributed by atoms with Gasteiger partial charge in [0.15, 0.2) is 7.28 Å². The van der Waals surface area contributed by atoms with E-state index < -0.39 is 0 Å². The van der Waals surface area contributed by atoms with Crippen molar-refractivity contribution in [3.8, 4) is 27.9 Å². The topological polar surface area (TPSA) is 43.2 Å². The normalized spacial score (nSPS) is 16.4. The largest absolute Gasteiger partial charge is 0.456 e. The van der Waals surface area contributed by atoms with Crippen LogP contribution in [0.3, 0.4) is 0 Å². The summed E-state index contributed by atoms with van der Waals surface area (Å²) in [7, 11) is 0.767. The molecule has 4 heterocycles. The summed E-state index contributed by atoms with van der Waals surface area (Å²) in [6.07, 6.45) is 2.30. The Hall–Kier alpha value is -6.98. The summed E-state index contributed by atoms with van der Waals surface area (Å²) >= 11 is 0. The zero-order valence-electron chi connectivity index (χ0n) is 40.6. The summed E-state index contributed by atoms with van der Waals surface area (Å²) in [5.74, 6) is 0. The van der Waals surface area contributed by atoms with Gasteiger partial charge in [-0.05, 0) is 128 Å². The maximum atomic E-state index is 7.34. The molecule has 332 valence electrons. The molecule has 0 spiro atoms. The molecule has 0 radical (unpaired) electrons. The van der Waals surface area contributed by atoms with E-state index in [1.807, 2.05) is 0 Å². The smallest absolute Gasteiger partial charge is 0.198 e. The van der Waals surface area contributed by atoms with Crippen LogP contribution in [0.5, 0.6) is 0 Å². The Labute approximate surface area is 398 Å². The molecule has 0 saturated heterocycles. The van der Waals surface area contributed by atoms with Crippen LogP contribution in [0.1, 0.15) is 103 Å². The predicted molar refractivity (Wildman–Crippen MR) is 288 cm³/mol. The molecule has 2 aliphatic carbocycles. The Morgan fingerprint density at radius 2 is 1.24 bits per heavy atom. The third-order valence-electron chi connectivity index (χ3n) is 16.8. The molecule has 3 aliphatic rings. The molecule has 3 aromatic heterocycles. The number of fused-ring (bicyclic) bond motifs is 16. The highest BCUT2D eigenvalue weighted by atomic mass is 16.3. The Morgan fingerprint density at radius 1 is 0.559 bits per heavy atom. The number of benzene rings is 8. The first kappa shape index (κ1) is 40.1. The first-order chi connectivity index (χ1) is 32.6. The zero-order chi connectivity index (χ0) is 46.4. The van der Waals surface area contributed by atoms with Gasteiger partial charge in [-0.15, -0.1) is 0 Å². The van der Waals surface area contributed by atoms with Crippen LogP contribution in [0.4, 0.5) is 11.4 Å². The molecule has 68 heavy (non-hydrogen) atoms. The zero-order valence-corrected chi connectivity index (χ0v) is 40.6. The van der Waals surface area contributed by atoms with Crippen molar-refractivity contribution in [2.75, 3.05) is 5.32 Å². The fourth-order valence-electron chi connectivity index (χ4n) is 12.9. The molecule has 11 aromatic rings. The van der Waals surface area contributed by atoms with Gasteiger partial charge in [-0.3, -0.25) is 0 Å². The lowest BCUT2D eigenvalue weighted by molar-refractivity contribution is 0.332. The average Bonchev–Trinajstić information content (AvgIpc) is 4.04. The van der Waals surface area contributed by atoms with Gasteiger partial charge in [-0.25, -0.2) is 0 Å². The van der Waals surface area contributed by atoms with Crippen LogP contribution < -0.4 is 16.2 Å². The van der Waals surface area contributed by atoms with Crippen molar-refractivity contribution in [1.82, 2.24) is 4.57 Å². The van der Waals surface area contributed by atoms with E-state index in [9.17, 15) is 0 Å². The van der Waals surface area contributed by atoms with Crippen LogP contribution >= 0.6 is 0 Å². The van der Waals surface area contributed by atoms with Crippen LogP contribution in [0.15, 0.2) is 142 Å². The summed E-state index contributed by atoms with van der Waals surface area (Å²) in [5.41, 5.74) is 24.1. The molecule has 1 aliphatic heterocycles. The number of furan rings is 2. The van der Waals surface area contributed by atoms with Crippen molar-refractivity contribution < 1.29 is 8.83 Å². The van der Waals surface area contributed by atoms with Crippen molar-refractivity contribution >= 4 is 95.3 Å². The summed E-state index contributed by atoms with van der Waals surface area (Å²) in [4.78, 5) is 0. The van der Waals surface area contributed by atoms with Gasteiger partial charge in [-0.2, -0.15) is 0 Å². The standard InChI is InChI=1S/C63H55BN2O2/c1-60(2,3)34-22-24-35(25-23-34)65-48-33-53-40(37-17-11-14-20-51(37)67-53)28-41(48)54-55-38-18-12-15-21-52(38)68-59(55)56-42-29-45-46(62(6,7)27-26-61(45,4)5)32-49(42)66-50-31-44-39(30-47(50)64-57(54)58(56)66)36-16-10-13-19-43(36)63(44,8)9/h10-25,28-33,64-65H,26-27H2,1-9H3. The second kappa shape index (κ2) is 13.2. The molecule has 0 unspecified atom stereocenters. The molecule has 1 N–H and O–H groups in total. The van der Waals surface area contributed by atoms with Gasteiger partial charge in [0.05, 0.1) is 22.1 Å². The molecule has 0 bridgehead atoms. The third kappa shape index (κ3) is 5.33. The van der Waals surface area contributed by atoms with Crippen LogP contribution in [0.2, 0.25) is 0 Å². The fraction of sp³-hybridized carbons (Fsp3) is 0.238. The van der Waals surface area contributed by atoms with E-state index in [4.69, 9.17) is 8.83 Å². The van der Waals surface area contributed by atoms with Gasteiger partial charge < -0.3 is 18.7 Å². The SMILES string of the molecule is CC(C)(C)c1ccc(Nc2cc3oc4ccccc4c3cc2-c2c3c4c(c5cc6c(cc5n4-c4cc5c(cc4B3)-c3ccccc3C5(C)C)C(C)(C)CCC6(C)C)c3oc4ccccc4c23)cc1. The Kier molecular flexibility index (Phi) is 7.77. The molecular weight excluding hydrogens is 828 g/mol. The minimum Gasteiger partial charge on any atom is -0.456 e. The Morgan fingerprint density at radius 3 is 1.99 bits per heavy atom. The monoisotopic (exact) mass is 882 g/mol. The van der Waals surface area contributed by atoms with Crippen LogP contribution in [0, 0.1) is 0 Å². The quantitative estimate of drug-likeness (QED) is 0.180. The van der Waals surface area contributed by atoms with E-state index in [1.165, 1.54) is 82.9 Å². The number of nitrogens with zero attached hydrogens (tertiary/aromatic N) is 1. The highest BCUT2D eigenvalue weighted by Crippen LogP contribution is 2.54. The van der Waals surface area contributed by atoms with Crippen molar-refractivity contribution in [3.05, 3.63) is 161 Å². The van der Waals surface area contributed by atoms with Gasteiger partial charge in [0.2, 0.25) is 0 Å². The summed E-state index contributed by atoms with van der Waals surface area (Å²) in [6.45, 7) is 21.4. The number of para-hydroxylation sites is 2. The lowest BCUT2D eigenvalue weighted by Crippen LogP contribution is -2.38. The molecule has 0 amide bonds. The lowest BCUT2D eigenvalue weighted by Gasteiger charge is -2.42. The maximum Gasteiger partial charge on any atom is 0.198 e. The average molecular weight is 883 g/mol. The van der Waals surface area contributed by atoms with E-state index in [-0.39, 0.29) is 21.7 Å². The number of hydrogen-bond donors (Lipinski definition) is 1. The molecule has 14 rings (SSSR count). The van der Waals surface area contributed by atoms with E-state index in [0.29, 0.717) is 0 Å². The highest BCUT2D eigenvalue weighted by molar-refractivity contribution is 6.74. The number of hydrogen-bond acceptors (Lipinski definition) is 3. The van der Waals surface area contributed by atoms with E-state index in [2.05, 4.69) is 206 Å². The first-order valence-electron chi connectivity index (χ1n) is 24.7. The van der Waals surface area contributed by atoms with Crippen molar-refractivity contribution in [2.24, 2.45) is 0 Å². The lowest BCUT2D eigenvalue weighted by atomic mass is 9.58. The molecule has 5 heteroatoms. The van der Waals surface area contributed by atoms with Crippen molar-refractivity contribution in [1.29, 1.82) is 0 Å². The molecule has 8 aromatic carbocycles. The van der Waals surface area contributed by atoms with Crippen LogP contribution in [-0.2, 0) is 21.7 Å². The maximum absolute atomic E-state index is 7.34. The fourth-order valence-corrected chi connectivity index (χ4v) is 12.9. The number of aromatic nitrogens is 1. The summed E-state index contributed by atoms with van der Waals surface area (Å²) in [5, 5.41) is 11.0. The van der Waals surface area contributed by atoms with Gasteiger partial charge in [0, 0.05) is 55.4 Å². The molecule has 0 saturated carbocycles. The van der Waals surface area contributed by atoms with Crippen molar-refractivity contribution in [2.45, 2.75) is 96.8 Å². The first-order valence-corrected chi connectivity index (χ1v) is 24.7. The Bertz CT molecular complexity index is 4030. The minimum atomic E-state index is -0.142. The Balaban J connectivity index is 1.17. The number of rotatable bonds is 3. The molecule has 4 nitrogen and oxygen atoms in total. The predicted octanol–water partition coefficient (Wildman–Crippen LogP) is 15.6. The number of nitrogens with one attached hydrogen (secondary N) is 1. The molecule has 0 fully saturated rings. The number of anilines is 2. The second-order valence-electron chi connectivity index (χ2n) is 23.2. The van der Waals surface area contributed by atoms with Gasteiger partial charge in [0.1, 0.15) is 22.3 Å². The third-order valence-corrected chi connectivity index (χ3v) is 16.8. The van der Waals surface area contributed by atoms with E-state index >= 15 is 0 Å². The van der Waals surface area contributed by atoms with Gasteiger partial charge >= 0.3 is 0 Å². The van der Waals surface area contributed by atoms with Crippen molar-refractivity contribution in [3.63, 3.8) is 0 Å². The molecular formula is C63H55BN2O2. The van der Waals surface area contributed by atoms with E-state index in [0.717, 1.165) is 80.9 Å². The second-order valence-corrected chi connectivity index (χ2v) is 23.2. The highest BCUT2D eigenvalue weighted by Gasteiger charge is 2.41. The van der Waals surface area contributed by atoms with E-state index in [1.54, 1.807) is 0 Å².